The number of nitrogens with one attached hydrogen (secondary N) is 1. The van der Waals surface area contributed by atoms with E-state index in [2.05, 4.69) is 40.0 Å². The average molecular weight is 450 g/mol. The zero-order valence-corrected chi connectivity index (χ0v) is 17.4. The van der Waals surface area contributed by atoms with E-state index >= 15 is 0 Å². The lowest BCUT2D eigenvalue weighted by molar-refractivity contribution is 0.0719. The lowest BCUT2D eigenvalue weighted by atomic mass is 9.84. The first-order valence-electron chi connectivity index (χ1n) is 8.63. The number of carbonyl (C=O) groups excluding carboxylic acids is 1. The van der Waals surface area contributed by atoms with Crippen molar-refractivity contribution in [3.05, 3.63) is 65.7 Å². The molecule has 134 valence electrons. The van der Waals surface area contributed by atoms with Crippen LogP contribution < -0.4 is 5.32 Å². The van der Waals surface area contributed by atoms with Crippen LogP contribution in [0.25, 0.3) is 0 Å². The number of rotatable bonds is 9. The van der Waals surface area contributed by atoms with Crippen LogP contribution in [0.5, 0.6) is 0 Å². The van der Waals surface area contributed by atoms with Crippen LogP contribution in [0.2, 0.25) is 0 Å². The van der Waals surface area contributed by atoms with Gasteiger partial charge in [0, 0.05) is 22.2 Å². The summed E-state index contributed by atoms with van der Waals surface area (Å²) in [5.41, 5.74) is 2.42. The highest BCUT2D eigenvalue weighted by atomic mass is 127. The number of benzene rings is 2. The molecule has 1 N–H and O–H groups in total. The Morgan fingerprint density at radius 1 is 1.08 bits per heavy atom. The van der Waals surface area contributed by atoms with Crippen molar-refractivity contribution in [1.82, 2.24) is 4.90 Å². The monoisotopic (exact) mass is 450 g/mol. The van der Waals surface area contributed by atoms with Gasteiger partial charge in [0.1, 0.15) is 0 Å². The van der Waals surface area contributed by atoms with Crippen molar-refractivity contribution in [3.8, 4) is 0 Å². The SMILES string of the molecule is CN(C)C(C)(Cc1ccccc1)C(=O)c1ccc(NCCCI)cc1. The van der Waals surface area contributed by atoms with Gasteiger partial charge in [-0.05, 0) is 63.7 Å². The molecule has 0 aliphatic carbocycles. The molecule has 2 aromatic carbocycles. The largest absolute Gasteiger partial charge is 0.385 e. The van der Waals surface area contributed by atoms with Crippen LogP contribution in [0.4, 0.5) is 5.69 Å². The predicted molar refractivity (Wildman–Crippen MR) is 115 cm³/mol. The molecule has 0 saturated carbocycles. The van der Waals surface area contributed by atoms with E-state index in [0.29, 0.717) is 6.42 Å². The van der Waals surface area contributed by atoms with Gasteiger partial charge in [0.25, 0.3) is 0 Å². The number of nitrogens with zero attached hydrogens (tertiary/aromatic N) is 1. The first-order valence-corrected chi connectivity index (χ1v) is 10.2. The van der Waals surface area contributed by atoms with Gasteiger partial charge in [-0.15, -0.1) is 0 Å². The molecule has 0 amide bonds. The third-order valence-corrected chi connectivity index (χ3v) is 5.42. The summed E-state index contributed by atoms with van der Waals surface area (Å²) in [6.07, 6.45) is 1.83. The molecule has 2 rings (SSSR count). The molecule has 1 atom stereocenters. The number of hydrogen-bond donors (Lipinski definition) is 1. The van der Waals surface area contributed by atoms with Crippen molar-refractivity contribution >= 4 is 34.1 Å². The summed E-state index contributed by atoms with van der Waals surface area (Å²) in [4.78, 5) is 15.2. The maximum atomic E-state index is 13.2. The van der Waals surface area contributed by atoms with Crippen LogP contribution >= 0.6 is 22.6 Å². The van der Waals surface area contributed by atoms with E-state index in [4.69, 9.17) is 0 Å². The van der Waals surface area contributed by atoms with Crippen molar-refractivity contribution in [1.29, 1.82) is 0 Å². The lowest BCUT2D eigenvalue weighted by Crippen LogP contribution is -2.50. The molecule has 25 heavy (non-hydrogen) atoms. The van der Waals surface area contributed by atoms with E-state index < -0.39 is 5.54 Å². The Kier molecular flexibility index (Phi) is 7.44. The van der Waals surface area contributed by atoms with E-state index in [1.165, 1.54) is 5.56 Å². The molecule has 0 saturated heterocycles. The Hall–Kier alpha value is -1.40. The summed E-state index contributed by atoms with van der Waals surface area (Å²) in [5, 5.41) is 3.39. The normalized spacial score (nSPS) is 13.5. The van der Waals surface area contributed by atoms with Gasteiger partial charge in [0.2, 0.25) is 0 Å². The summed E-state index contributed by atoms with van der Waals surface area (Å²) in [6.45, 7) is 2.98. The van der Waals surface area contributed by atoms with Crippen LogP contribution in [0.15, 0.2) is 54.6 Å². The molecule has 3 nitrogen and oxygen atoms in total. The average Bonchev–Trinajstić information content (AvgIpc) is 2.62. The summed E-state index contributed by atoms with van der Waals surface area (Å²) < 4.78 is 1.14. The van der Waals surface area contributed by atoms with Gasteiger partial charge in [-0.2, -0.15) is 0 Å². The number of hydrogen-bond acceptors (Lipinski definition) is 3. The van der Waals surface area contributed by atoms with E-state index in [-0.39, 0.29) is 5.78 Å². The first kappa shape index (κ1) is 19.9. The number of halogens is 1. The second-order valence-electron chi connectivity index (χ2n) is 6.71. The maximum Gasteiger partial charge on any atom is 0.183 e. The van der Waals surface area contributed by atoms with E-state index in [0.717, 1.165) is 28.6 Å². The molecule has 1 unspecified atom stereocenters. The third-order valence-electron chi connectivity index (χ3n) is 4.65. The van der Waals surface area contributed by atoms with Gasteiger partial charge in [-0.1, -0.05) is 52.9 Å². The highest BCUT2D eigenvalue weighted by Gasteiger charge is 2.36. The second-order valence-corrected chi connectivity index (χ2v) is 7.79. The zero-order valence-electron chi connectivity index (χ0n) is 15.3. The molecular formula is C21H27IN2O. The third kappa shape index (κ3) is 5.28. The van der Waals surface area contributed by atoms with Gasteiger partial charge < -0.3 is 5.32 Å². The van der Waals surface area contributed by atoms with Gasteiger partial charge in [-0.3, -0.25) is 9.69 Å². The maximum absolute atomic E-state index is 13.2. The zero-order chi connectivity index (χ0) is 18.3. The summed E-state index contributed by atoms with van der Waals surface area (Å²) in [6, 6.07) is 18.1. The number of carbonyl (C=O) groups is 1. The summed E-state index contributed by atoms with van der Waals surface area (Å²) >= 11 is 2.38. The van der Waals surface area contributed by atoms with Crippen molar-refractivity contribution in [3.63, 3.8) is 0 Å². The molecule has 0 bridgehead atoms. The van der Waals surface area contributed by atoms with Crippen molar-refractivity contribution in [2.75, 3.05) is 30.4 Å². The molecule has 0 aromatic heterocycles. The Morgan fingerprint density at radius 2 is 1.72 bits per heavy atom. The van der Waals surface area contributed by atoms with Gasteiger partial charge in [0.05, 0.1) is 5.54 Å². The topological polar surface area (TPSA) is 32.3 Å². The molecule has 0 radical (unpaired) electrons. The predicted octanol–water partition coefficient (Wildman–Crippen LogP) is 4.67. The minimum atomic E-state index is -0.572. The fraction of sp³-hybridized carbons (Fsp3) is 0.381. The molecule has 0 fully saturated rings. The molecular weight excluding hydrogens is 423 g/mol. The quantitative estimate of drug-likeness (QED) is 0.261. The Morgan fingerprint density at radius 3 is 2.28 bits per heavy atom. The van der Waals surface area contributed by atoms with Gasteiger partial charge in [-0.25, -0.2) is 0 Å². The van der Waals surface area contributed by atoms with E-state index in [1.54, 1.807) is 0 Å². The number of alkyl halides is 1. The lowest BCUT2D eigenvalue weighted by Gasteiger charge is -2.35. The van der Waals surface area contributed by atoms with E-state index in [1.807, 2.05) is 68.4 Å². The number of ketones is 1. The first-order chi connectivity index (χ1) is 12.0. The van der Waals surface area contributed by atoms with Crippen LogP contribution in [-0.4, -0.2) is 41.3 Å². The Bertz CT molecular complexity index is 670. The number of Topliss-reactive ketones (excluding diaryl/α,β-unsaturated/α-hetero) is 1. The molecule has 0 aliphatic rings. The van der Waals surface area contributed by atoms with Crippen LogP contribution in [0, 0.1) is 0 Å². The minimum absolute atomic E-state index is 0.153. The fourth-order valence-corrected chi connectivity index (χ4v) is 3.17. The van der Waals surface area contributed by atoms with E-state index in [9.17, 15) is 4.79 Å². The van der Waals surface area contributed by atoms with Crippen molar-refractivity contribution < 1.29 is 4.79 Å². The molecule has 2 aromatic rings. The fourth-order valence-electron chi connectivity index (χ4n) is 2.78. The minimum Gasteiger partial charge on any atom is -0.385 e. The van der Waals surface area contributed by atoms with Crippen LogP contribution in [0.1, 0.15) is 29.3 Å². The van der Waals surface area contributed by atoms with Crippen LogP contribution in [-0.2, 0) is 6.42 Å². The van der Waals surface area contributed by atoms with Gasteiger partial charge >= 0.3 is 0 Å². The summed E-state index contributed by atoms with van der Waals surface area (Å²) in [5.74, 6) is 0.153. The van der Waals surface area contributed by atoms with Crippen molar-refractivity contribution in [2.24, 2.45) is 0 Å². The number of likely N-dealkylation sites (N-methyl/N-ethyl adjacent to an activating group) is 1. The molecule has 0 heterocycles. The molecule has 0 spiro atoms. The standard InChI is InChI=1S/C21H27IN2O/c1-21(24(2)3,16-17-8-5-4-6-9-17)20(25)18-10-12-19(13-11-18)23-15-7-14-22/h4-6,8-13,23H,7,14-16H2,1-3H3. The Balaban J connectivity index is 2.16. The second kappa shape index (κ2) is 9.34. The van der Waals surface area contributed by atoms with Gasteiger partial charge in [0.15, 0.2) is 5.78 Å². The Labute approximate surface area is 165 Å². The molecule has 0 aliphatic heterocycles. The van der Waals surface area contributed by atoms with Crippen molar-refractivity contribution in [2.45, 2.75) is 25.3 Å². The number of anilines is 1. The summed E-state index contributed by atoms with van der Waals surface area (Å²) in [7, 11) is 3.95. The molecule has 4 heteroatoms. The van der Waals surface area contributed by atoms with Crippen LogP contribution in [0.3, 0.4) is 0 Å². The smallest absolute Gasteiger partial charge is 0.183 e. The highest BCUT2D eigenvalue weighted by Crippen LogP contribution is 2.24. The highest BCUT2D eigenvalue weighted by molar-refractivity contribution is 14.1.